The largest absolute Gasteiger partial charge is 0.480 e. The van der Waals surface area contributed by atoms with E-state index in [0.717, 1.165) is 37.2 Å². The molecule has 0 aromatic heterocycles. The van der Waals surface area contributed by atoms with Crippen molar-refractivity contribution in [2.24, 2.45) is 0 Å². The van der Waals surface area contributed by atoms with Crippen LogP contribution in [0.3, 0.4) is 0 Å². The first kappa shape index (κ1) is 20.1. The predicted octanol–water partition coefficient (Wildman–Crippen LogP) is 4.70. The van der Waals surface area contributed by atoms with Crippen molar-refractivity contribution < 1.29 is 4.74 Å². The van der Waals surface area contributed by atoms with Gasteiger partial charge < -0.3 is 9.64 Å². The lowest BCUT2D eigenvalue weighted by Crippen LogP contribution is -2.25. The molecule has 0 fully saturated rings. The van der Waals surface area contributed by atoms with Crippen LogP contribution in [0.15, 0.2) is 41.2 Å². The molecule has 0 saturated heterocycles. The molecule has 5 heteroatoms. The highest BCUT2D eigenvalue weighted by atomic mass is 16.5. The molecule has 27 heavy (non-hydrogen) atoms. The Hall–Kier alpha value is -3.23. The first-order chi connectivity index (χ1) is 12.9. The van der Waals surface area contributed by atoms with Gasteiger partial charge in [0.2, 0.25) is 0 Å². The van der Waals surface area contributed by atoms with Crippen LogP contribution in [0.5, 0.6) is 0 Å². The second kappa shape index (κ2) is 8.43. The minimum atomic E-state index is -0.798. The maximum Gasteiger partial charge on any atom is 0.172 e. The Balaban J connectivity index is 2.54. The number of benzene rings is 1. The highest BCUT2D eigenvalue weighted by molar-refractivity contribution is 5.84. The second-order valence-corrected chi connectivity index (χ2v) is 6.94. The van der Waals surface area contributed by atoms with Gasteiger partial charge in [0.1, 0.15) is 29.4 Å². The molecule has 0 aliphatic carbocycles. The predicted molar refractivity (Wildman–Crippen MR) is 105 cm³/mol. The molecule has 0 radical (unpaired) electrons. The third kappa shape index (κ3) is 3.97. The Labute approximate surface area is 161 Å². The standard InChI is InChI=1S/C22H24N4O/c1-5-11-26(12-6-2)18-9-7-16(8-10-18)20-19(15-25)21(17(13-23)14-24)27-22(20,3)4/h7-10H,5-6,11-12H2,1-4H3. The molecule has 1 aromatic rings. The van der Waals surface area contributed by atoms with Crippen molar-refractivity contribution in [3.05, 3.63) is 46.7 Å². The van der Waals surface area contributed by atoms with Gasteiger partial charge in [-0.2, -0.15) is 15.8 Å². The van der Waals surface area contributed by atoms with E-state index in [0.29, 0.717) is 5.57 Å². The van der Waals surface area contributed by atoms with Crippen LogP contribution in [0, 0.1) is 34.0 Å². The Bertz CT molecular complexity index is 864. The van der Waals surface area contributed by atoms with E-state index in [1.807, 2.05) is 38.1 Å². The van der Waals surface area contributed by atoms with E-state index < -0.39 is 5.60 Å². The molecule has 0 saturated carbocycles. The van der Waals surface area contributed by atoms with Crippen molar-refractivity contribution in [3.8, 4) is 18.2 Å². The van der Waals surface area contributed by atoms with Gasteiger partial charge in [-0.3, -0.25) is 0 Å². The average molecular weight is 360 g/mol. The third-order valence-corrected chi connectivity index (χ3v) is 4.51. The molecule has 0 unspecified atom stereocenters. The Morgan fingerprint density at radius 2 is 1.56 bits per heavy atom. The van der Waals surface area contributed by atoms with Gasteiger partial charge in [0.05, 0.1) is 0 Å². The van der Waals surface area contributed by atoms with E-state index in [1.54, 1.807) is 0 Å². The summed E-state index contributed by atoms with van der Waals surface area (Å²) in [4.78, 5) is 2.34. The number of ether oxygens (including phenoxy) is 1. The zero-order chi connectivity index (χ0) is 20.0. The van der Waals surface area contributed by atoms with Crippen LogP contribution in [0.4, 0.5) is 5.69 Å². The lowest BCUT2D eigenvalue weighted by molar-refractivity contribution is 0.109. The molecule has 138 valence electrons. The van der Waals surface area contributed by atoms with Crippen molar-refractivity contribution in [1.82, 2.24) is 0 Å². The van der Waals surface area contributed by atoms with Crippen molar-refractivity contribution >= 4 is 11.3 Å². The summed E-state index contributed by atoms with van der Waals surface area (Å²) in [5.74, 6) is 0.0742. The van der Waals surface area contributed by atoms with Gasteiger partial charge in [0.15, 0.2) is 11.3 Å². The molecule has 0 bridgehead atoms. The van der Waals surface area contributed by atoms with Crippen molar-refractivity contribution in [1.29, 1.82) is 15.8 Å². The van der Waals surface area contributed by atoms with Crippen LogP contribution in [-0.4, -0.2) is 18.7 Å². The number of allylic oxidation sites excluding steroid dienone is 2. The molecular formula is C22H24N4O. The fourth-order valence-corrected chi connectivity index (χ4v) is 3.42. The average Bonchev–Trinajstić information content (AvgIpc) is 2.93. The van der Waals surface area contributed by atoms with E-state index >= 15 is 0 Å². The van der Waals surface area contributed by atoms with Crippen molar-refractivity contribution in [2.45, 2.75) is 46.1 Å². The van der Waals surface area contributed by atoms with E-state index in [2.05, 4.69) is 36.9 Å². The molecule has 5 nitrogen and oxygen atoms in total. The maximum absolute atomic E-state index is 9.67. The number of nitriles is 3. The zero-order valence-corrected chi connectivity index (χ0v) is 16.3. The zero-order valence-electron chi connectivity index (χ0n) is 16.3. The topological polar surface area (TPSA) is 83.8 Å². The van der Waals surface area contributed by atoms with E-state index in [9.17, 15) is 15.8 Å². The quantitative estimate of drug-likeness (QED) is 0.687. The first-order valence-electron chi connectivity index (χ1n) is 9.17. The Kier molecular flexibility index (Phi) is 6.27. The summed E-state index contributed by atoms with van der Waals surface area (Å²) >= 11 is 0. The second-order valence-electron chi connectivity index (χ2n) is 6.94. The summed E-state index contributed by atoms with van der Waals surface area (Å²) in [5.41, 5.74) is 1.98. The van der Waals surface area contributed by atoms with Gasteiger partial charge in [0, 0.05) is 24.4 Å². The number of rotatable bonds is 6. The van der Waals surface area contributed by atoms with Crippen LogP contribution in [-0.2, 0) is 4.74 Å². The highest BCUT2D eigenvalue weighted by Gasteiger charge is 2.40. The smallest absolute Gasteiger partial charge is 0.172 e. The van der Waals surface area contributed by atoms with Crippen LogP contribution < -0.4 is 4.90 Å². The lowest BCUT2D eigenvalue weighted by Gasteiger charge is -2.25. The van der Waals surface area contributed by atoms with Crippen molar-refractivity contribution in [3.63, 3.8) is 0 Å². The highest BCUT2D eigenvalue weighted by Crippen LogP contribution is 2.45. The minimum Gasteiger partial charge on any atom is -0.480 e. The maximum atomic E-state index is 9.67. The molecular weight excluding hydrogens is 336 g/mol. The molecule has 0 atom stereocenters. The van der Waals surface area contributed by atoms with Gasteiger partial charge in [-0.05, 0) is 44.4 Å². The van der Waals surface area contributed by atoms with Crippen molar-refractivity contribution in [2.75, 3.05) is 18.0 Å². The van der Waals surface area contributed by atoms with E-state index in [-0.39, 0.29) is 16.9 Å². The fourth-order valence-electron chi connectivity index (χ4n) is 3.42. The summed E-state index contributed by atoms with van der Waals surface area (Å²) < 4.78 is 5.85. The van der Waals surface area contributed by atoms with Gasteiger partial charge in [0.25, 0.3) is 0 Å². The molecule has 1 heterocycles. The monoisotopic (exact) mass is 360 g/mol. The van der Waals surface area contributed by atoms with Crippen LogP contribution >= 0.6 is 0 Å². The van der Waals surface area contributed by atoms with E-state index in [1.165, 1.54) is 0 Å². The number of hydrogen-bond donors (Lipinski definition) is 0. The van der Waals surface area contributed by atoms with Crippen LogP contribution in [0.25, 0.3) is 5.57 Å². The summed E-state index contributed by atoms with van der Waals surface area (Å²) in [5, 5.41) is 28.0. The third-order valence-electron chi connectivity index (χ3n) is 4.51. The molecule has 2 rings (SSSR count). The van der Waals surface area contributed by atoms with Crippen LogP contribution in [0.2, 0.25) is 0 Å². The summed E-state index contributed by atoms with van der Waals surface area (Å²) in [6.45, 7) is 9.99. The Morgan fingerprint density at radius 1 is 1.00 bits per heavy atom. The summed E-state index contributed by atoms with van der Waals surface area (Å²) in [6.07, 6.45) is 2.15. The molecule has 0 amide bonds. The molecule has 1 aliphatic rings. The number of nitrogens with zero attached hydrogens (tertiary/aromatic N) is 4. The molecule has 0 spiro atoms. The minimum absolute atomic E-state index is 0.0742. The molecule has 0 N–H and O–H groups in total. The summed E-state index contributed by atoms with van der Waals surface area (Å²) in [6, 6.07) is 13.8. The van der Waals surface area contributed by atoms with Gasteiger partial charge in [-0.25, -0.2) is 0 Å². The van der Waals surface area contributed by atoms with Crippen LogP contribution in [0.1, 0.15) is 46.1 Å². The SMILES string of the molecule is CCCN(CCC)c1ccc(C2=C(C#N)C(=C(C#N)C#N)OC2(C)C)cc1. The number of anilines is 1. The molecule has 1 aliphatic heterocycles. The molecule has 1 aromatic carbocycles. The van der Waals surface area contributed by atoms with Gasteiger partial charge in [-0.1, -0.05) is 26.0 Å². The normalized spacial score (nSPS) is 14.8. The Morgan fingerprint density at radius 3 is 2.00 bits per heavy atom. The van der Waals surface area contributed by atoms with Gasteiger partial charge in [-0.15, -0.1) is 0 Å². The van der Waals surface area contributed by atoms with E-state index in [4.69, 9.17) is 4.74 Å². The number of hydrogen-bond acceptors (Lipinski definition) is 5. The van der Waals surface area contributed by atoms with Gasteiger partial charge >= 0.3 is 0 Å². The summed E-state index contributed by atoms with van der Waals surface area (Å²) in [7, 11) is 0. The lowest BCUT2D eigenvalue weighted by atomic mass is 9.89. The first-order valence-corrected chi connectivity index (χ1v) is 9.17. The fraction of sp³-hybridized carbons (Fsp3) is 0.409.